The molecular formula is C32H38N2O4. The molecule has 0 spiro atoms. The summed E-state index contributed by atoms with van der Waals surface area (Å²) in [5.41, 5.74) is 4.42. The van der Waals surface area contributed by atoms with Crippen molar-refractivity contribution in [3.63, 3.8) is 0 Å². The second kappa shape index (κ2) is 8.49. The zero-order chi connectivity index (χ0) is 26.1. The molecule has 2 atom stereocenters. The molecule has 4 bridgehead atoms. The van der Waals surface area contributed by atoms with Crippen LogP contribution in [0.5, 0.6) is 11.5 Å². The third kappa shape index (κ3) is 4.17. The number of rotatable bonds is 5. The molecule has 6 aliphatic rings. The second-order valence-electron chi connectivity index (χ2n) is 13.6. The average molecular weight is 515 g/mol. The Morgan fingerprint density at radius 2 is 1.76 bits per heavy atom. The molecule has 6 heteroatoms. The summed E-state index contributed by atoms with van der Waals surface area (Å²) in [4.78, 5) is 28.8. The largest absolute Gasteiger partial charge is 0.486 e. The predicted octanol–water partition coefficient (Wildman–Crippen LogP) is 5.98. The number of anilines is 1. The van der Waals surface area contributed by atoms with E-state index in [9.17, 15) is 9.59 Å². The van der Waals surface area contributed by atoms with Crippen LogP contribution in [0.4, 0.5) is 5.69 Å². The average Bonchev–Trinajstić information content (AvgIpc) is 2.83. The number of fused-ring (bicyclic) bond motifs is 2. The maximum absolute atomic E-state index is 13.5. The van der Waals surface area contributed by atoms with Crippen molar-refractivity contribution < 1.29 is 19.1 Å². The Balaban J connectivity index is 1.06. The molecular weight excluding hydrogens is 476 g/mol. The van der Waals surface area contributed by atoms with E-state index in [2.05, 4.69) is 19.2 Å². The van der Waals surface area contributed by atoms with Gasteiger partial charge < -0.3 is 19.7 Å². The van der Waals surface area contributed by atoms with Gasteiger partial charge in [0.25, 0.3) is 5.91 Å². The number of hydrogen-bond acceptors (Lipinski definition) is 4. The van der Waals surface area contributed by atoms with Crippen molar-refractivity contribution in [3.8, 4) is 11.5 Å². The third-order valence-electron chi connectivity index (χ3n) is 9.86. The fourth-order valence-electron chi connectivity index (χ4n) is 9.67. The van der Waals surface area contributed by atoms with Crippen LogP contribution in [0.2, 0.25) is 0 Å². The van der Waals surface area contributed by atoms with Crippen molar-refractivity contribution in [2.45, 2.75) is 71.8 Å². The van der Waals surface area contributed by atoms with E-state index in [0.29, 0.717) is 49.1 Å². The third-order valence-corrected chi connectivity index (χ3v) is 9.86. The number of ether oxygens (including phenoxy) is 2. The van der Waals surface area contributed by atoms with E-state index in [1.807, 2.05) is 41.3 Å². The van der Waals surface area contributed by atoms with Crippen molar-refractivity contribution in [2.24, 2.45) is 22.2 Å². The summed E-state index contributed by atoms with van der Waals surface area (Å²) in [7, 11) is 0. The minimum atomic E-state index is 0.0131. The van der Waals surface area contributed by atoms with E-state index >= 15 is 0 Å². The van der Waals surface area contributed by atoms with Crippen LogP contribution < -0.4 is 14.8 Å². The number of benzene rings is 2. The molecule has 4 aliphatic carbocycles. The summed E-state index contributed by atoms with van der Waals surface area (Å²) >= 11 is 0. The quantitative estimate of drug-likeness (QED) is 0.533. The van der Waals surface area contributed by atoms with Gasteiger partial charge in [0.15, 0.2) is 11.5 Å². The lowest BCUT2D eigenvalue weighted by Gasteiger charge is -2.65. The maximum Gasteiger partial charge on any atom is 0.254 e. The molecule has 0 saturated heterocycles. The smallest absolute Gasteiger partial charge is 0.254 e. The topological polar surface area (TPSA) is 67.9 Å². The molecule has 4 fully saturated rings. The van der Waals surface area contributed by atoms with E-state index in [4.69, 9.17) is 9.47 Å². The molecule has 2 unspecified atom stereocenters. The van der Waals surface area contributed by atoms with E-state index < -0.39 is 0 Å². The van der Waals surface area contributed by atoms with Gasteiger partial charge in [-0.25, -0.2) is 0 Å². The highest BCUT2D eigenvalue weighted by atomic mass is 16.6. The van der Waals surface area contributed by atoms with Crippen molar-refractivity contribution >= 4 is 17.5 Å². The van der Waals surface area contributed by atoms with E-state index in [-0.39, 0.29) is 17.2 Å². The fourth-order valence-corrected chi connectivity index (χ4v) is 9.67. The van der Waals surface area contributed by atoms with Crippen LogP contribution in [-0.4, -0.2) is 36.5 Å². The highest BCUT2D eigenvalue weighted by molar-refractivity contribution is 6.00. The molecule has 1 N–H and O–H groups in total. The summed E-state index contributed by atoms with van der Waals surface area (Å²) in [5, 5.41) is 3.25. The number of carbonyl (C=O) groups excluding carboxylic acids is 2. The van der Waals surface area contributed by atoms with Crippen LogP contribution >= 0.6 is 0 Å². The summed E-state index contributed by atoms with van der Waals surface area (Å²) in [6, 6.07) is 11.6. The Bertz CT molecular complexity index is 1300. The second-order valence-corrected chi connectivity index (χ2v) is 13.6. The Kier molecular flexibility index (Phi) is 5.37. The first-order valence-electron chi connectivity index (χ1n) is 14.3. The molecule has 2 aromatic carbocycles. The normalized spacial score (nSPS) is 32.7. The van der Waals surface area contributed by atoms with Gasteiger partial charge in [0, 0.05) is 30.8 Å². The minimum Gasteiger partial charge on any atom is -0.486 e. The van der Waals surface area contributed by atoms with Gasteiger partial charge in [-0.05, 0) is 103 Å². The van der Waals surface area contributed by atoms with Crippen molar-refractivity contribution in [1.29, 1.82) is 0 Å². The molecule has 2 aliphatic heterocycles. The van der Waals surface area contributed by atoms with Gasteiger partial charge in [-0.15, -0.1) is 0 Å². The van der Waals surface area contributed by atoms with Crippen molar-refractivity contribution in [1.82, 2.24) is 4.90 Å². The fraction of sp³-hybridized carbons (Fsp3) is 0.562. The van der Waals surface area contributed by atoms with Crippen LogP contribution in [-0.2, 0) is 17.8 Å². The molecule has 4 saturated carbocycles. The van der Waals surface area contributed by atoms with Gasteiger partial charge in [-0.2, -0.15) is 0 Å². The lowest BCUT2D eigenvalue weighted by molar-refractivity contribution is -0.153. The van der Waals surface area contributed by atoms with Crippen molar-refractivity contribution in [2.75, 3.05) is 25.1 Å². The summed E-state index contributed by atoms with van der Waals surface area (Å²) in [6.07, 6.45) is 8.88. The van der Waals surface area contributed by atoms with Crippen LogP contribution in [0, 0.1) is 22.2 Å². The van der Waals surface area contributed by atoms with Gasteiger partial charge >= 0.3 is 0 Å². The Hall–Kier alpha value is -3.02. The molecule has 2 heterocycles. The maximum atomic E-state index is 13.5. The zero-order valence-corrected chi connectivity index (χ0v) is 22.6. The molecule has 0 aromatic heterocycles. The van der Waals surface area contributed by atoms with Gasteiger partial charge in [0.05, 0.1) is 0 Å². The number of nitrogens with zero attached hydrogens (tertiary/aromatic N) is 1. The molecule has 2 amide bonds. The summed E-state index contributed by atoms with van der Waals surface area (Å²) < 4.78 is 11.3. The first-order valence-corrected chi connectivity index (χ1v) is 14.3. The zero-order valence-electron chi connectivity index (χ0n) is 22.6. The molecule has 2 aromatic rings. The monoisotopic (exact) mass is 514 g/mol. The number of carbonyl (C=O) groups is 2. The molecule has 6 nitrogen and oxygen atoms in total. The van der Waals surface area contributed by atoms with Crippen LogP contribution in [0.3, 0.4) is 0 Å². The minimum absolute atomic E-state index is 0.0131. The van der Waals surface area contributed by atoms with Crippen LogP contribution in [0.25, 0.3) is 0 Å². The van der Waals surface area contributed by atoms with Gasteiger partial charge in [-0.1, -0.05) is 26.0 Å². The van der Waals surface area contributed by atoms with Gasteiger partial charge in [0.2, 0.25) is 5.91 Å². The Morgan fingerprint density at radius 1 is 1.00 bits per heavy atom. The van der Waals surface area contributed by atoms with Crippen LogP contribution in [0.1, 0.15) is 80.3 Å². The SMILES string of the molecule is CC12CC3CC(C)(C1)CC(CC(=O)Nc1cccc4c1CCN(Cc1ccc5c(c1)OCCO5)C4=O)(C3)C2. The predicted molar refractivity (Wildman–Crippen MR) is 145 cm³/mol. The van der Waals surface area contributed by atoms with Crippen molar-refractivity contribution in [3.05, 3.63) is 53.1 Å². The summed E-state index contributed by atoms with van der Waals surface area (Å²) in [6.45, 7) is 7.16. The summed E-state index contributed by atoms with van der Waals surface area (Å²) in [5.74, 6) is 2.40. The lowest BCUT2D eigenvalue weighted by atomic mass is 9.40. The molecule has 200 valence electrons. The molecule has 8 rings (SSSR count). The van der Waals surface area contributed by atoms with E-state index in [1.54, 1.807) is 0 Å². The Labute approximate surface area is 225 Å². The molecule has 0 radical (unpaired) electrons. The Morgan fingerprint density at radius 3 is 2.53 bits per heavy atom. The van der Waals surface area contributed by atoms with Gasteiger partial charge in [-0.3, -0.25) is 9.59 Å². The van der Waals surface area contributed by atoms with Gasteiger partial charge in [0.1, 0.15) is 13.2 Å². The highest BCUT2D eigenvalue weighted by Gasteiger charge is 2.60. The molecule has 38 heavy (non-hydrogen) atoms. The number of nitrogens with one attached hydrogen (secondary N) is 1. The first kappa shape index (κ1) is 24.1. The highest BCUT2D eigenvalue weighted by Crippen LogP contribution is 2.70. The van der Waals surface area contributed by atoms with E-state index in [0.717, 1.165) is 40.7 Å². The number of amides is 2. The number of hydrogen-bond donors (Lipinski definition) is 1. The first-order chi connectivity index (χ1) is 18.2. The van der Waals surface area contributed by atoms with E-state index in [1.165, 1.54) is 38.5 Å². The standard InChI is InChI=1S/C32H38N2O4/c1-30-13-22-14-31(2,18-30)20-32(15-22,19-30)16-28(35)33-25-5-3-4-24-23(25)8-9-34(29(24)36)17-21-6-7-26-27(12-21)38-11-10-37-26/h3-7,12,22H,8-11,13-20H2,1-2H3,(H,33,35). The van der Waals surface area contributed by atoms with Crippen LogP contribution in [0.15, 0.2) is 36.4 Å². The lowest BCUT2D eigenvalue weighted by Crippen LogP contribution is -2.55.